The van der Waals surface area contributed by atoms with Gasteiger partial charge in [0.05, 0.1) is 6.10 Å². The molecule has 0 fully saturated rings. The number of ether oxygens (including phenoxy) is 1. The molecule has 6 nitrogen and oxygen atoms in total. The van der Waals surface area contributed by atoms with Crippen LogP contribution >= 0.6 is 19.2 Å². The van der Waals surface area contributed by atoms with Crippen LogP contribution in [0.25, 0.3) is 0 Å². The fourth-order valence-electron chi connectivity index (χ4n) is 2.45. The first kappa shape index (κ1) is 20.9. The molecular formula is C18H23ClNO5P. The summed E-state index contributed by atoms with van der Waals surface area (Å²) >= 11 is 5.93. The zero-order valence-corrected chi connectivity index (χ0v) is 16.0. The molecule has 2 unspecified atom stereocenters. The highest BCUT2D eigenvalue weighted by Gasteiger charge is 2.14. The second-order valence-electron chi connectivity index (χ2n) is 6.17. The molecule has 0 saturated carbocycles. The molecule has 0 aromatic heterocycles. The van der Waals surface area contributed by atoms with Crippen LogP contribution in [-0.2, 0) is 11.0 Å². The van der Waals surface area contributed by atoms with E-state index in [0.29, 0.717) is 17.3 Å². The first-order valence-corrected chi connectivity index (χ1v) is 10.3. The van der Waals surface area contributed by atoms with Gasteiger partial charge in [-0.1, -0.05) is 35.9 Å². The zero-order valence-electron chi connectivity index (χ0n) is 14.4. The van der Waals surface area contributed by atoms with E-state index in [-0.39, 0.29) is 6.04 Å². The largest absolute Gasteiger partial charge is 0.481 e. The summed E-state index contributed by atoms with van der Waals surface area (Å²) in [7, 11) is -4.18. The predicted octanol–water partition coefficient (Wildman–Crippen LogP) is 3.11. The van der Waals surface area contributed by atoms with Crippen molar-refractivity contribution in [1.29, 1.82) is 0 Å². The molecule has 2 atom stereocenters. The summed E-state index contributed by atoms with van der Waals surface area (Å²) in [4.78, 5) is 17.6. The summed E-state index contributed by atoms with van der Waals surface area (Å²) in [6.07, 6.45) is -0.535. The Morgan fingerprint density at radius 1 is 1.19 bits per heavy atom. The number of aliphatic hydroxyl groups is 1. The predicted molar refractivity (Wildman–Crippen MR) is 102 cm³/mol. The molecular weight excluding hydrogens is 377 g/mol. The minimum atomic E-state index is -4.18. The highest BCUT2D eigenvalue weighted by molar-refractivity contribution is 7.51. The average Bonchev–Trinajstić information content (AvgIpc) is 2.58. The minimum absolute atomic E-state index is 0.130. The lowest BCUT2D eigenvalue weighted by atomic mass is 10.1. The molecule has 2 aromatic rings. The molecule has 0 heterocycles. The normalized spacial score (nSPS) is 14.0. The zero-order chi connectivity index (χ0) is 19.2. The maximum absolute atomic E-state index is 10.8. The molecule has 0 saturated heterocycles. The van der Waals surface area contributed by atoms with Gasteiger partial charge in [-0.2, -0.15) is 0 Å². The molecule has 0 bridgehead atoms. The smallest absolute Gasteiger partial charge is 0.362 e. The fourth-order valence-corrected chi connectivity index (χ4v) is 2.97. The van der Waals surface area contributed by atoms with Crippen molar-refractivity contribution in [3.8, 4) is 5.75 Å². The van der Waals surface area contributed by atoms with Crippen LogP contribution in [-0.4, -0.2) is 33.8 Å². The van der Waals surface area contributed by atoms with Crippen molar-refractivity contribution in [2.75, 3.05) is 12.9 Å². The van der Waals surface area contributed by atoms with Crippen LogP contribution in [0.3, 0.4) is 0 Å². The van der Waals surface area contributed by atoms with Gasteiger partial charge in [-0.05, 0) is 48.7 Å². The van der Waals surface area contributed by atoms with Crippen molar-refractivity contribution in [2.45, 2.75) is 25.5 Å². The second-order valence-corrected chi connectivity index (χ2v) is 8.19. The van der Waals surface area contributed by atoms with Crippen molar-refractivity contribution in [1.82, 2.24) is 5.32 Å². The van der Waals surface area contributed by atoms with Gasteiger partial charge < -0.3 is 24.9 Å². The molecule has 0 radical (unpaired) electrons. The Hall–Kier alpha value is -1.40. The van der Waals surface area contributed by atoms with Gasteiger partial charge in [-0.3, -0.25) is 4.57 Å². The van der Waals surface area contributed by atoms with Crippen molar-refractivity contribution in [3.63, 3.8) is 0 Å². The van der Waals surface area contributed by atoms with E-state index in [2.05, 4.69) is 5.32 Å². The van der Waals surface area contributed by atoms with E-state index in [1.54, 1.807) is 30.3 Å². The van der Waals surface area contributed by atoms with Crippen molar-refractivity contribution >= 4 is 19.2 Å². The van der Waals surface area contributed by atoms with Crippen LogP contribution in [0.1, 0.15) is 24.2 Å². The first-order chi connectivity index (χ1) is 12.2. The highest BCUT2D eigenvalue weighted by atomic mass is 35.5. The van der Waals surface area contributed by atoms with Crippen molar-refractivity contribution in [2.24, 2.45) is 0 Å². The average molecular weight is 400 g/mol. The van der Waals surface area contributed by atoms with Crippen LogP contribution in [0, 0.1) is 0 Å². The quantitative estimate of drug-likeness (QED) is 0.484. The first-order valence-electron chi connectivity index (χ1n) is 8.16. The van der Waals surface area contributed by atoms with Gasteiger partial charge in [0.1, 0.15) is 5.75 Å². The number of aliphatic hydroxyl groups excluding tert-OH is 1. The number of rotatable bonds is 9. The maximum Gasteiger partial charge on any atom is 0.362 e. The van der Waals surface area contributed by atoms with E-state index in [1.807, 2.05) is 25.1 Å². The minimum Gasteiger partial charge on any atom is -0.481 e. The summed E-state index contributed by atoms with van der Waals surface area (Å²) in [6.45, 7) is 2.42. The van der Waals surface area contributed by atoms with Gasteiger partial charge in [0.2, 0.25) is 0 Å². The lowest BCUT2D eigenvalue weighted by molar-refractivity contribution is 0.170. The van der Waals surface area contributed by atoms with Crippen LogP contribution < -0.4 is 10.1 Å². The van der Waals surface area contributed by atoms with Crippen LogP contribution in [0.4, 0.5) is 0 Å². The number of hydrogen-bond donors (Lipinski definition) is 4. The topological polar surface area (TPSA) is 99.0 Å². The Morgan fingerprint density at radius 2 is 1.88 bits per heavy atom. The Bertz CT molecular complexity index is 750. The number of nitrogens with one attached hydrogen (secondary N) is 1. The van der Waals surface area contributed by atoms with Gasteiger partial charge in [0.25, 0.3) is 0 Å². The molecule has 0 spiro atoms. The molecule has 0 aliphatic heterocycles. The van der Waals surface area contributed by atoms with Crippen molar-refractivity contribution in [3.05, 3.63) is 64.7 Å². The molecule has 0 aliphatic rings. The molecule has 0 amide bonds. The summed E-state index contributed by atoms with van der Waals surface area (Å²) in [5, 5.41) is 14.1. The lowest BCUT2D eigenvalue weighted by Gasteiger charge is -2.18. The molecule has 142 valence electrons. The number of halogens is 1. The fraction of sp³-hybridized carbons (Fsp3) is 0.333. The van der Waals surface area contributed by atoms with E-state index in [1.165, 1.54) is 0 Å². The summed E-state index contributed by atoms with van der Waals surface area (Å²) in [5.74, 6) is 0.411. The third-order valence-corrected chi connectivity index (χ3v) is 4.46. The van der Waals surface area contributed by atoms with Crippen molar-refractivity contribution < 1.29 is 24.2 Å². The third-order valence-electron chi connectivity index (χ3n) is 3.76. The molecule has 0 aliphatic carbocycles. The summed E-state index contributed by atoms with van der Waals surface area (Å²) in [6, 6.07) is 14.3. The molecule has 26 heavy (non-hydrogen) atoms. The highest BCUT2D eigenvalue weighted by Crippen LogP contribution is 2.34. The lowest BCUT2D eigenvalue weighted by Crippen LogP contribution is -2.32. The van der Waals surface area contributed by atoms with E-state index in [0.717, 1.165) is 17.5 Å². The van der Waals surface area contributed by atoms with E-state index >= 15 is 0 Å². The maximum atomic E-state index is 10.8. The van der Waals surface area contributed by atoms with Gasteiger partial charge in [0, 0.05) is 17.6 Å². The third kappa shape index (κ3) is 7.46. The summed E-state index contributed by atoms with van der Waals surface area (Å²) < 4.78 is 15.8. The van der Waals surface area contributed by atoms with Gasteiger partial charge in [0.15, 0.2) is 6.35 Å². The van der Waals surface area contributed by atoms with E-state index in [4.69, 9.17) is 26.1 Å². The molecule has 8 heteroatoms. The van der Waals surface area contributed by atoms with Gasteiger partial charge >= 0.3 is 7.60 Å². The molecule has 2 rings (SSSR count). The Morgan fingerprint density at radius 3 is 2.50 bits per heavy atom. The summed E-state index contributed by atoms with van der Waals surface area (Å²) in [5.41, 5.74) is 1.81. The SMILES string of the molecule is CC(Cc1ccc(OCP(=O)(O)O)cc1)NCC(O)c1cccc(Cl)c1. The van der Waals surface area contributed by atoms with Gasteiger partial charge in [-0.25, -0.2) is 0 Å². The molecule has 2 aromatic carbocycles. The second kappa shape index (κ2) is 9.51. The van der Waals surface area contributed by atoms with Gasteiger partial charge in [-0.15, -0.1) is 0 Å². The Kier molecular flexibility index (Phi) is 7.65. The van der Waals surface area contributed by atoms with Crippen LogP contribution in [0.15, 0.2) is 48.5 Å². The van der Waals surface area contributed by atoms with Crippen LogP contribution in [0.2, 0.25) is 5.02 Å². The monoisotopic (exact) mass is 399 g/mol. The van der Waals surface area contributed by atoms with E-state index < -0.39 is 20.0 Å². The van der Waals surface area contributed by atoms with E-state index in [9.17, 15) is 9.67 Å². The Balaban J connectivity index is 1.80. The molecule has 4 N–H and O–H groups in total. The number of benzene rings is 2. The van der Waals surface area contributed by atoms with Crippen LogP contribution in [0.5, 0.6) is 5.75 Å². The number of hydrogen-bond acceptors (Lipinski definition) is 4. The Labute approximate surface area is 157 Å². The standard InChI is InChI=1S/C18H23ClNO5P/c1-13(20-11-18(21)15-3-2-4-16(19)10-15)9-14-5-7-17(8-6-14)25-12-26(22,23)24/h2-8,10,13,18,20-21H,9,11-12H2,1H3,(H2,22,23,24).